The highest BCUT2D eigenvalue weighted by atomic mass is 16.5. The van der Waals surface area contributed by atoms with Gasteiger partial charge in [-0.2, -0.15) is 0 Å². The average Bonchev–Trinajstić information content (AvgIpc) is 1.56. The van der Waals surface area contributed by atoms with Crippen LogP contribution in [-0.2, 0) is 25.7 Å². The van der Waals surface area contributed by atoms with Crippen molar-refractivity contribution in [2.24, 2.45) is 0 Å². The van der Waals surface area contributed by atoms with E-state index in [1.54, 1.807) is 0 Å². The van der Waals surface area contributed by atoms with Gasteiger partial charge in [0.25, 0.3) is 0 Å². The van der Waals surface area contributed by atoms with Crippen molar-refractivity contribution in [1.82, 2.24) is 39.9 Å². The van der Waals surface area contributed by atoms with Crippen molar-refractivity contribution in [2.45, 2.75) is 516 Å². The van der Waals surface area contributed by atoms with E-state index in [1.807, 2.05) is 0 Å². The molecule has 0 amide bonds. The molecule has 17 rings (SSSR count). The molecule has 8 bridgehead atoms. The highest BCUT2D eigenvalue weighted by Crippen LogP contribution is 2.61. The molecule has 4 unspecified atom stereocenters. The Kier molecular flexibility index (Phi) is 42.4. The number of fused-ring (bicyclic) bond motifs is 8. The van der Waals surface area contributed by atoms with Crippen LogP contribution in [0.2, 0.25) is 0 Å². The number of hydrogen-bond acceptors (Lipinski definition) is 12. The molecular formula is C132H184N8O8. The lowest BCUT2D eigenvalue weighted by Crippen LogP contribution is -2.13. The second kappa shape index (κ2) is 57.5. The van der Waals surface area contributed by atoms with Crippen molar-refractivity contribution in [3.63, 3.8) is 0 Å². The molecule has 0 fully saturated rings. The van der Waals surface area contributed by atoms with Crippen LogP contribution in [0.4, 0.5) is 0 Å². The minimum absolute atomic E-state index is 0.283. The number of hydrogen-bond donors (Lipinski definition) is 4. The molecule has 4 aromatic heterocycles. The molecule has 4 N–H and O–H groups in total. The third-order valence-electron chi connectivity index (χ3n) is 33.2. The van der Waals surface area contributed by atoms with Gasteiger partial charge in [0.2, 0.25) is 0 Å². The number of unbranched alkanes of at least 4 members (excludes halogenated alkanes) is 52. The zero-order valence-corrected chi connectivity index (χ0v) is 92.7. The number of rotatable bonds is 68. The first kappa shape index (κ1) is 109. The summed E-state index contributed by atoms with van der Waals surface area (Å²) in [6.45, 7) is 18.5. The third-order valence-corrected chi connectivity index (χ3v) is 33.2. The number of H-pyrrole nitrogens is 4. The highest BCUT2D eigenvalue weighted by molar-refractivity contribution is 5.85. The first-order valence-electron chi connectivity index (χ1n) is 61.3. The Morgan fingerprint density at radius 1 is 0.155 bits per heavy atom. The molecule has 0 radical (unpaired) electrons. The number of aryl methyl sites for hydroxylation is 4. The maximum Gasteiger partial charge on any atom is 0.172 e. The van der Waals surface area contributed by atoms with Gasteiger partial charge in [-0.1, -0.05) is 415 Å². The van der Waals surface area contributed by atoms with Gasteiger partial charge in [0, 0.05) is 167 Å². The van der Waals surface area contributed by atoms with Crippen LogP contribution in [-0.4, -0.2) is 39.9 Å². The van der Waals surface area contributed by atoms with Crippen molar-refractivity contribution >= 4 is 44.1 Å². The van der Waals surface area contributed by atoms with Crippen LogP contribution in [0, 0.1) is 0 Å². The zero-order chi connectivity index (χ0) is 102. The SMILES string of the molecule is CCCCCCCCCCCC1c2cc3c4cc2Oc2cc5nc(CCCCCCCC)[nH]c5cc2Oc2cc5c(cc21)C(CCCCCCCCCCC)c1cc2c(cc1Oc1cc6[nH]c(CCCCCCCC)nc6cc1O5)Oc1cc5nc(CCCCCCCC)[nH]c5cc1Oc1cc(c(cc1C2CCCCCCCCCCC)C3CCCCCCCCCCC)Oc1cc2[nH]c(CCCCCCCC)nc2cc1O4. The molecule has 4 atom stereocenters. The second-order valence-corrected chi connectivity index (χ2v) is 45.3. The normalized spacial score (nSPS) is 15.1. The van der Waals surface area contributed by atoms with Crippen LogP contribution in [0.3, 0.4) is 0 Å². The summed E-state index contributed by atoms with van der Waals surface area (Å²) in [5.41, 5.74) is 15.8. The summed E-state index contributed by atoms with van der Waals surface area (Å²) in [7, 11) is 0. The van der Waals surface area contributed by atoms with Gasteiger partial charge >= 0.3 is 0 Å². The van der Waals surface area contributed by atoms with Crippen LogP contribution < -0.4 is 37.9 Å². The largest absolute Gasteiger partial charge is 0.453 e. The summed E-state index contributed by atoms with van der Waals surface area (Å²) in [6, 6.07) is 36.9. The molecule has 5 aliphatic rings. The van der Waals surface area contributed by atoms with Crippen molar-refractivity contribution < 1.29 is 37.9 Å². The van der Waals surface area contributed by atoms with Gasteiger partial charge < -0.3 is 57.8 Å². The molecule has 8 aromatic carbocycles. The van der Waals surface area contributed by atoms with E-state index in [-0.39, 0.29) is 23.7 Å². The van der Waals surface area contributed by atoms with E-state index in [1.165, 1.54) is 257 Å². The number of nitrogens with one attached hydrogen (secondary N) is 4. The van der Waals surface area contributed by atoms with Crippen molar-refractivity contribution in [3.05, 3.63) is 165 Å². The standard InChI is InChI=1S/C132H184N8O8/c1-9-17-25-33-41-45-49-53-61-69-93-97-77-99-94(70-62-54-50-46-42-34-26-18-10-2)101-79-103-96(72-64-56-52-48-44-36-28-20-12-4)104-80-102-95(71-63-55-51-47-43-35-27-19-11-3)100-78-98(93)114-90-116(100)144-124-84-108-110(138-131(136-108)75-67-59-39-31-23-15-7)86-126(124)146-118(102)92-120(104)148-128-88-112-111(139-132(140-112)76-68-60-40-32-24-16-8)87-127(128)147-119(103)91-117(101)145-125-85-109-107(135-130(137-109)74-66-58-38-30-22-14-6)83-123(125)143-115(99)89-113(97)141-121-81-105-106(82-122(121)142-114)134-129(133-105)73-65-57-37-29-21-13-5/h77-96H,9-76H2,1-8H3,(H,133,134)(H,135,137)(H,136,138)(H,139,140). The van der Waals surface area contributed by atoms with E-state index in [0.29, 0.717) is 46.0 Å². The fourth-order valence-corrected chi connectivity index (χ4v) is 24.5. The Hall–Kier alpha value is -9.96. The molecule has 8 heterocycles. The van der Waals surface area contributed by atoms with Crippen molar-refractivity contribution in [1.29, 1.82) is 0 Å². The Balaban J connectivity index is 0.955. The van der Waals surface area contributed by atoms with Gasteiger partial charge in [0.1, 0.15) is 69.3 Å². The molecule has 0 saturated carbocycles. The maximum atomic E-state index is 8.11. The van der Waals surface area contributed by atoms with Gasteiger partial charge in [0.05, 0.1) is 44.1 Å². The van der Waals surface area contributed by atoms with Crippen LogP contribution in [0.5, 0.6) is 92.0 Å². The van der Waals surface area contributed by atoms with Gasteiger partial charge in [0.15, 0.2) is 46.0 Å². The Morgan fingerprint density at radius 3 is 0.459 bits per heavy atom. The molecular weight excluding hydrogens is 1830 g/mol. The Labute approximate surface area is 888 Å². The summed E-state index contributed by atoms with van der Waals surface area (Å²) in [5, 5.41) is 0. The lowest BCUT2D eigenvalue weighted by atomic mass is 9.76. The maximum absolute atomic E-state index is 8.11. The van der Waals surface area contributed by atoms with Crippen molar-refractivity contribution in [2.75, 3.05) is 0 Å². The molecule has 0 saturated heterocycles. The lowest BCUT2D eigenvalue weighted by molar-refractivity contribution is 0.401. The van der Waals surface area contributed by atoms with Crippen LogP contribution in [0.25, 0.3) is 44.1 Å². The monoisotopic (exact) mass is 2010 g/mol. The average molecular weight is 2010 g/mol. The predicted molar refractivity (Wildman–Crippen MR) is 614 cm³/mol. The number of aromatic nitrogens is 8. The first-order chi connectivity index (χ1) is 73.1. The van der Waals surface area contributed by atoms with E-state index in [9.17, 15) is 0 Å². The number of aromatic amines is 4. The summed E-state index contributed by atoms with van der Waals surface area (Å²) in [4.78, 5) is 37.4. The molecule has 800 valence electrons. The molecule has 148 heavy (non-hydrogen) atoms. The number of imidazole rings is 4. The Morgan fingerprint density at radius 2 is 0.297 bits per heavy atom. The van der Waals surface area contributed by atoms with Gasteiger partial charge in [-0.15, -0.1) is 0 Å². The predicted octanol–water partition coefficient (Wildman–Crippen LogP) is 42.9. The van der Waals surface area contributed by atoms with Crippen molar-refractivity contribution in [3.8, 4) is 92.0 Å². The van der Waals surface area contributed by atoms with Gasteiger partial charge in [-0.05, 0) is 75.6 Å². The quantitative estimate of drug-likeness (QED) is 0.0265. The molecule has 16 nitrogen and oxygen atoms in total. The van der Waals surface area contributed by atoms with E-state index in [4.69, 9.17) is 57.8 Å². The second-order valence-electron chi connectivity index (χ2n) is 45.3. The van der Waals surface area contributed by atoms with E-state index < -0.39 is 0 Å². The molecule has 16 heteroatoms. The van der Waals surface area contributed by atoms with Crippen LogP contribution >= 0.6 is 0 Å². The molecule has 4 aliphatic heterocycles. The Bertz CT molecular complexity index is 5130. The van der Waals surface area contributed by atoms with Crippen LogP contribution in [0.15, 0.2) is 97.1 Å². The topological polar surface area (TPSA) is 189 Å². The minimum Gasteiger partial charge on any atom is -0.453 e. The van der Waals surface area contributed by atoms with Crippen LogP contribution in [0.1, 0.15) is 558 Å². The fraction of sp³-hybridized carbons (Fsp3) is 0.606. The summed E-state index contributed by atoms with van der Waals surface area (Å²) in [5.74, 6) is 13.3. The number of nitrogens with zero attached hydrogens (tertiary/aromatic N) is 4. The summed E-state index contributed by atoms with van der Waals surface area (Å²) in [6.07, 6.45) is 78.6. The number of benzene rings is 8. The lowest BCUT2D eigenvalue weighted by Gasteiger charge is -2.30. The number of ether oxygens (including phenoxy) is 8. The van der Waals surface area contributed by atoms with Gasteiger partial charge in [-0.3, -0.25) is 0 Å². The fourth-order valence-electron chi connectivity index (χ4n) is 24.5. The highest BCUT2D eigenvalue weighted by Gasteiger charge is 2.40. The molecule has 0 spiro atoms. The summed E-state index contributed by atoms with van der Waals surface area (Å²) >= 11 is 0. The zero-order valence-electron chi connectivity index (χ0n) is 92.7. The summed E-state index contributed by atoms with van der Waals surface area (Å²) < 4.78 is 64.9. The molecule has 1 aliphatic carbocycles. The third kappa shape index (κ3) is 29.5. The molecule has 12 aromatic rings. The van der Waals surface area contributed by atoms with E-state index in [0.717, 1.165) is 338 Å². The van der Waals surface area contributed by atoms with Gasteiger partial charge in [-0.25, -0.2) is 19.9 Å². The first-order valence-corrected chi connectivity index (χ1v) is 61.3. The smallest absolute Gasteiger partial charge is 0.172 e. The van der Waals surface area contributed by atoms with E-state index in [2.05, 4.69) is 172 Å². The minimum atomic E-state index is -0.284. The van der Waals surface area contributed by atoms with E-state index >= 15 is 0 Å².